The zero-order chi connectivity index (χ0) is 54.4. The van der Waals surface area contributed by atoms with Gasteiger partial charge in [-0.1, -0.05) is 77.9 Å². The summed E-state index contributed by atoms with van der Waals surface area (Å²) in [6.07, 6.45) is -4.03. The van der Waals surface area contributed by atoms with Crippen LogP contribution in [0.3, 0.4) is 0 Å². The molecule has 0 radical (unpaired) electrons. The number of carboxylic acids is 1. The Morgan fingerprint density at radius 1 is 0.840 bits per heavy atom. The third-order valence-corrected chi connectivity index (χ3v) is 11.3. The molecule has 7 rings (SSSR count). The van der Waals surface area contributed by atoms with Crippen LogP contribution >= 0.6 is 0 Å². The second-order valence-corrected chi connectivity index (χ2v) is 16.6. The number of esters is 3. The van der Waals surface area contributed by atoms with Gasteiger partial charge in [-0.25, -0.2) is 4.79 Å². The first kappa shape index (κ1) is 60.1. The number of benzene rings is 4. The topological polar surface area (TPSA) is 386 Å². The van der Waals surface area contributed by atoms with E-state index in [1.807, 2.05) is 66.7 Å². The van der Waals surface area contributed by atoms with Crippen molar-refractivity contribution in [3.8, 4) is 0 Å². The van der Waals surface area contributed by atoms with Crippen LogP contribution < -0.4 is 51.0 Å². The van der Waals surface area contributed by atoms with Crippen LogP contribution in [0.5, 0.6) is 0 Å². The van der Waals surface area contributed by atoms with Crippen LogP contribution in [0, 0.1) is 0 Å². The SMILES string of the molecule is CC(=O)N[C@H]1[C@H]([C@H](O)[C@H](O)CO)OC(C(=O)[O-])=C[C@@H]1n1cc2ccc3ccccc3c2n1.COC(=O)C1=C[C@H](N)[C@@H](NC(C)=O)[C@H]([C@H](OC(C)=O)[C@H](O)COC(C)=O)O1.[N-]=[N+]=Nc1c(C=O)ccc2ccccc12.[Na+]. The summed E-state index contributed by atoms with van der Waals surface area (Å²) in [5.41, 5.74) is 15.9. The number of nitrogens with two attached hydrogens (primary N) is 1. The molecule has 2 amide bonds. The number of aliphatic hydroxyl groups is 4. The number of carbonyl (C=O) groups excluding carboxylic acids is 7. The molecule has 392 valence electrons. The largest absolute Gasteiger partial charge is 1.00 e. The average Bonchev–Trinajstić information content (AvgIpc) is 3.82. The number of nitrogens with one attached hydrogen (secondary N) is 2. The molecule has 1 aromatic heterocycles. The Balaban J connectivity index is 0.000000256. The van der Waals surface area contributed by atoms with Crippen molar-refractivity contribution in [1.82, 2.24) is 20.4 Å². The molecule has 0 aliphatic carbocycles. The number of nitrogens with zero attached hydrogens (tertiary/aromatic N) is 5. The van der Waals surface area contributed by atoms with Gasteiger partial charge in [0.15, 0.2) is 18.5 Å². The Morgan fingerprint density at radius 2 is 1.43 bits per heavy atom. The van der Waals surface area contributed by atoms with Crippen LogP contribution in [0.2, 0.25) is 0 Å². The number of aromatic nitrogens is 2. The minimum Gasteiger partial charge on any atom is -0.542 e. The predicted molar refractivity (Wildman–Crippen MR) is 258 cm³/mol. The number of hydrogen-bond acceptors (Lipinski definition) is 20. The molecule has 4 aromatic carbocycles. The number of aldehydes is 1. The van der Waals surface area contributed by atoms with Crippen molar-refractivity contribution in [2.24, 2.45) is 10.8 Å². The van der Waals surface area contributed by atoms with Gasteiger partial charge < -0.3 is 70.4 Å². The van der Waals surface area contributed by atoms with E-state index in [9.17, 15) is 59.1 Å². The maximum atomic E-state index is 11.9. The summed E-state index contributed by atoms with van der Waals surface area (Å²) in [6, 6.07) is 18.6. The van der Waals surface area contributed by atoms with E-state index in [1.165, 1.54) is 30.7 Å². The van der Waals surface area contributed by atoms with Crippen molar-refractivity contribution in [2.45, 2.75) is 88.5 Å². The van der Waals surface area contributed by atoms with Gasteiger partial charge in [0.25, 0.3) is 0 Å². The molecule has 2 aliphatic heterocycles. The fraction of sp³-hybridized carbons (Fsp3) is 0.347. The van der Waals surface area contributed by atoms with Crippen molar-refractivity contribution in [3.05, 3.63) is 119 Å². The number of amides is 2. The molecule has 0 fully saturated rings. The molecule has 0 saturated carbocycles. The van der Waals surface area contributed by atoms with Gasteiger partial charge in [-0.15, -0.1) is 0 Å². The number of fused-ring (bicyclic) bond motifs is 4. The molecule has 8 N–H and O–H groups in total. The number of aliphatic hydroxyl groups excluding tert-OH is 4. The van der Waals surface area contributed by atoms with Gasteiger partial charge in [-0.2, -0.15) is 5.10 Å². The van der Waals surface area contributed by atoms with Crippen LogP contribution in [0.25, 0.3) is 42.9 Å². The molecule has 0 saturated heterocycles. The fourth-order valence-corrected chi connectivity index (χ4v) is 8.04. The van der Waals surface area contributed by atoms with Gasteiger partial charge in [-0.05, 0) is 33.8 Å². The van der Waals surface area contributed by atoms with E-state index in [2.05, 4.69) is 30.5 Å². The molecule has 25 nitrogen and oxygen atoms in total. The minimum absolute atomic E-state index is 0. The molecule has 75 heavy (non-hydrogen) atoms. The molecule has 0 bridgehead atoms. The maximum absolute atomic E-state index is 11.9. The van der Waals surface area contributed by atoms with Gasteiger partial charge in [0.1, 0.15) is 48.3 Å². The second kappa shape index (κ2) is 27.7. The van der Waals surface area contributed by atoms with E-state index in [4.69, 9.17) is 30.2 Å². The van der Waals surface area contributed by atoms with E-state index in [1.54, 1.807) is 12.3 Å². The summed E-state index contributed by atoms with van der Waals surface area (Å²) in [5, 5.41) is 69.4. The number of carboxylic acid groups (broad SMARTS) is 1. The normalized spacial score (nSPS) is 20.2. The van der Waals surface area contributed by atoms with E-state index in [0.29, 0.717) is 23.1 Å². The van der Waals surface area contributed by atoms with Gasteiger partial charge >= 0.3 is 47.5 Å². The quantitative estimate of drug-likeness (QED) is 0.0110. The zero-order valence-electron chi connectivity index (χ0n) is 41.3. The Kier molecular flexibility index (Phi) is 22.2. The van der Waals surface area contributed by atoms with Crippen molar-refractivity contribution in [2.75, 3.05) is 20.3 Å². The van der Waals surface area contributed by atoms with Gasteiger partial charge in [0.05, 0.1) is 43.6 Å². The first-order valence-corrected chi connectivity index (χ1v) is 22.4. The van der Waals surface area contributed by atoms with Crippen molar-refractivity contribution < 1.29 is 112 Å². The molecule has 3 heterocycles. The number of ether oxygens (including phenoxy) is 5. The van der Waals surface area contributed by atoms with Crippen LogP contribution in [-0.2, 0) is 52.5 Å². The zero-order valence-corrected chi connectivity index (χ0v) is 43.3. The van der Waals surface area contributed by atoms with Crippen LogP contribution in [0.4, 0.5) is 5.69 Å². The molecule has 2 aliphatic rings. The minimum atomic E-state index is -1.70. The summed E-state index contributed by atoms with van der Waals surface area (Å²) in [6.45, 7) is 3.43. The number of aliphatic carboxylic acids is 1. The summed E-state index contributed by atoms with van der Waals surface area (Å²) in [5.74, 6) is -5.67. The molecule has 5 aromatic rings. The number of hydrogen-bond donors (Lipinski definition) is 7. The monoisotopic (exact) mass is 1050 g/mol. The van der Waals surface area contributed by atoms with Gasteiger partial charge in [0.2, 0.25) is 17.6 Å². The van der Waals surface area contributed by atoms with E-state index < -0.39 is 115 Å². The molecule has 26 heteroatoms. The first-order valence-electron chi connectivity index (χ1n) is 22.4. The second-order valence-electron chi connectivity index (χ2n) is 16.6. The van der Waals surface area contributed by atoms with E-state index >= 15 is 0 Å². The van der Waals surface area contributed by atoms with Crippen molar-refractivity contribution in [1.29, 1.82) is 0 Å². The number of azide groups is 1. The summed E-state index contributed by atoms with van der Waals surface area (Å²) >= 11 is 0. The third kappa shape index (κ3) is 15.3. The van der Waals surface area contributed by atoms with Crippen molar-refractivity contribution in [3.63, 3.8) is 0 Å². The first-order chi connectivity index (χ1) is 35.2. The number of methoxy groups -OCH3 is 1. The predicted octanol–water partition coefficient (Wildman–Crippen LogP) is -2.29. The van der Waals surface area contributed by atoms with Gasteiger partial charge in [0, 0.05) is 55.1 Å². The Labute approximate surface area is 449 Å². The maximum Gasteiger partial charge on any atom is 1.00 e. The Morgan fingerprint density at radius 3 is 2.00 bits per heavy atom. The van der Waals surface area contributed by atoms with Crippen LogP contribution in [0.15, 0.2) is 108 Å². The summed E-state index contributed by atoms with van der Waals surface area (Å²) < 4.78 is 26.8. The van der Waals surface area contributed by atoms with Crippen LogP contribution in [0.1, 0.15) is 44.1 Å². The third-order valence-electron chi connectivity index (χ3n) is 11.3. The average molecular weight is 1050 g/mol. The molecule has 0 unspecified atom stereocenters. The number of rotatable bonds is 15. The van der Waals surface area contributed by atoms with Gasteiger partial charge in [-0.3, -0.25) is 28.7 Å². The smallest absolute Gasteiger partial charge is 0.542 e. The molecular weight excluding hydrogens is 996 g/mol. The molecule has 10 atom stereocenters. The summed E-state index contributed by atoms with van der Waals surface area (Å²) in [7, 11) is 1.13. The van der Waals surface area contributed by atoms with E-state index in [-0.39, 0.29) is 35.3 Å². The summed E-state index contributed by atoms with van der Waals surface area (Å²) in [4.78, 5) is 82.9. The standard InChI is InChI=1S/C22H23N3O7.C16H24N2O9.C11H7N3O.Na/c1-11(27)23-19-15(8-17(22(30)31)32-21(19)20(29)16(28)10-26)25-9-13-7-6-12-4-2-3-5-14(12)18(13)24-25;1-7(19)18-13-10(17)5-12(16(23)24-4)27-15(13)14(26-9(3)21)11(22)6-25-8(2)20;12-14-13-11-9(7-15)6-5-8-3-1-2-4-10(8)11;/h2-9,15-16,19-21,26,28-29H,10H2,1H3,(H,23,27)(H,30,31);5,10-11,13-15,22H,6,17H2,1-4H3,(H,18,19);1-7H;/q;;;+1/p-1/t15-,16+,19+,20+,21+;10-,11+,13+,14+,15+;;/m00../s1. The van der Waals surface area contributed by atoms with Crippen LogP contribution in [-0.4, -0.2) is 147 Å². The molecule has 0 spiro atoms. The number of carbonyl (C=O) groups is 7. The fourth-order valence-electron chi connectivity index (χ4n) is 8.04. The molecular formula is C49H53N8NaO17. The van der Waals surface area contributed by atoms with E-state index in [0.717, 1.165) is 47.9 Å². The Hall–Kier alpha value is -7.45. The Bertz CT molecular complexity index is 3020. The van der Waals surface area contributed by atoms with Crippen molar-refractivity contribution >= 4 is 80.1 Å².